The van der Waals surface area contributed by atoms with Gasteiger partial charge in [0.05, 0.1) is 12.7 Å². The van der Waals surface area contributed by atoms with E-state index in [2.05, 4.69) is 4.74 Å². The van der Waals surface area contributed by atoms with Gasteiger partial charge in [-0.15, -0.1) is 0 Å². The second-order valence-electron chi connectivity index (χ2n) is 4.28. The van der Waals surface area contributed by atoms with Crippen LogP contribution in [0.25, 0.3) is 0 Å². The molecule has 1 saturated carbocycles. The molecule has 0 spiro atoms. The molecule has 0 aromatic carbocycles. The van der Waals surface area contributed by atoms with Crippen LogP contribution in [0.15, 0.2) is 0 Å². The fourth-order valence-electron chi connectivity index (χ4n) is 2.10. The largest absolute Gasteiger partial charge is 0.461 e. The molecule has 0 heterocycles. The van der Waals surface area contributed by atoms with Crippen molar-refractivity contribution in [3.63, 3.8) is 0 Å². The Labute approximate surface area is 98.9 Å². The molecular weight excluding hydrogens is 234 g/mol. The molecule has 0 radical (unpaired) electrons. The molecule has 100 valence electrons. The van der Waals surface area contributed by atoms with Crippen molar-refractivity contribution in [2.45, 2.75) is 50.2 Å². The minimum absolute atomic E-state index is 0.126. The highest BCUT2D eigenvalue weighted by Gasteiger charge is 2.60. The Morgan fingerprint density at radius 1 is 1.59 bits per heavy atom. The molecule has 1 aliphatic carbocycles. The SMILES string of the molecule is CCOC(=O)C(F)(F)C1(O)CCCC(OC)C1. The van der Waals surface area contributed by atoms with Gasteiger partial charge in [0.25, 0.3) is 0 Å². The van der Waals surface area contributed by atoms with E-state index in [-0.39, 0.29) is 19.4 Å². The van der Waals surface area contributed by atoms with Gasteiger partial charge in [-0.2, -0.15) is 8.78 Å². The van der Waals surface area contributed by atoms with Crippen LogP contribution in [0.4, 0.5) is 8.78 Å². The maximum atomic E-state index is 13.8. The number of aliphatic hydroxyl groups is 1. The topological polar surface area (TPSA) is 55.8 Å². The lowest BCUT2D eigenvalue weighted by Crippen LogP contribution is -2.57. The molecule has 1 N–H and O–H groups in total. The van der Waals surface area contributed by atoms with Crippen LogP contribution in [0, 0.1) is 0 Å². The van der Waals surface area contributed by atoms with Crippen molar-refractivity contribution in [1.29, 1.82) is 0 Å². The van der Waals surface area contributed by atoms with Crippen molar-refractivity contribution in [1.82, 2.24) is 0 Å². The highest BCUT2D eigenvalue weighted by molar-refractivity contribution is 5.79. The van der Waals surface area contributed by atoms with E-state index in [0.29, 0.717) is 12.8 Å². The number of methoxy groups -OCH3 is 1. The van der Waals surface area contributed by atoms with Crippen LogP contribution < -0.4 is 0 Å². The van der Waals surface area contributed by atoms with E-state index in [1.807, 2.05) is 0 Å². The highest BCUT2D eigenvalue weighted by Crippen LogP contribution is 2.42. The third-order valence-electron chi connectivity index (χ3n) is 3.13. The summed E-state index contributed by atoms with van der Waals surface area (Å²) < 4.78 is 36.9. The van der Waals surface area contributed by atoms with Crippen molar-refractivity contribution < 1.29 is 28.2 Å². The Morgan fingerprint density at radius 2 is 2.24 bits per heavy atom. The van der Waals surface area contributed by atoms with E-state index in [9.17, 15) is 18.7 Å². The van der Waals surface area contributed by atoms with E-state index < -0.39 is 23.6 Å². The summed E-state index contributed by atoms with van der Waals surface area (Å²) in [6, 6.07) is 0. The second kappa shape index (κ2) is 5.27. The van der Waals surface area contributed by atoms with Crippen LogP contribution in [0.2, 0.25) is 0 Å². The van der Waals surface area contributed by atoms with Gasteiger partial charge in [0.1, 0.15) is 5.60 Å². The lowest BCUT2D eigenvalue weighted by Gasteiger charge is -2.39. The highest BCUT2D eigenvalue weighted by atomic mass is 19.3. The summed E-state index contributed by atoms with van der Waals surface area (Å²) in [7, 11) is 1.40. The Morgan fingerprint density at radius 3 is 2.76 bits per heavy atom. The number of hydrogen-bond donors (Lipinski definition) is 1. The summed E-state index contributed by atoms with van der Waals surface area (Å²) in [5.41, 5.74) is -2.36. The monoisotopic (exact) mass is 252 g/mol. The summed E-state index contributed by atoms with van der Waals surface area (Å²) in [6.45, 7) is 1.30. The lowest BCUT2D eigenvalue weighted by molar-refractivity contribution is -0.228. The van der Waals surface area contributed by atoms with E-state index in [4.69, 9.17) is 4.74 Å². The van der Waals surface area contributed by atoms with Gasteiger partial charge in [0, 0.05) is 13.5 Å². The zero-order valence-corrected chi connectivity index (χ0v) is 10.0. The van der Waals surface area contributed by atoms with E-state index in [1.54, 1.807) is 0 Å². The molecule has 2 atom stereocenters. The summed E-state index contributed by atoms with van der Waals surface area (Å²) >= 11 is 0. The van der Waals surface area contributed by atoms with Crippen molar-refractivity contribution in [3.8, 4) is 0 Å². The van der Waals surface area contributed by atoms with Crippen molar-refractivity contribution in [2.24, 2.45) is 0 Å². The molecule has 0 amide bonds. The number of rotatable bonds is 4. The quantitative estimate of drug-likeness (QED) is 0.770. The molecule has 0 bridgehead atoms. The predicted octanol–water partition coefficient (Wildman–Crippen LogP) is 1.50. The number of alkyl halides is 2. The lowest BCUT2D eigenvalue weighted by atomic mass is 9.78. The van der Waals surface area contributed by atoms with Gasteiger partial charge in [-0.25, -0.2) is 4.79 Å². The normalized spacial score (nSPS) is 30.1. The average Bonchev–Trinajstić information content (AvgIpc) is 2.29. The van der Waals surface area contributed by atoms with Crippen LogP contribution in [-0.4, -0.2) is 42.4 Å². The number of esters is 1. The third kappa shape index (κ3) is 2.74. The molecular formula is C11H18F2O4. The molecule has 1 rings (SSSR count). The van der Waals surface area contributed by atoms with Crippen molar-refractivity contribution >= 4 is 5.97 Å². The van der Waals surface area contributed by atoms with E-state index in [0.717, 1.165) is 0 Å². The summed E-state index contributed by atoms with van der Waals surface area (Å²) in [5, 5.41) is 9.97. The number of ether oxygens (including phenoxy) is 2. The maximum Gasteiger partial charge on any atom is 0.380 e. The molecule has 0 aliphatic heterocycles. The average molecular weight is 252 g/mol. The molecule has 1 aliphatic rings. The first kappa shape index (κ1) is 14.3. The van der Waals surface area contributed by atoms with Crippen LogP contribution in [-0.2, 0) is 14.3 Å². The van der Waals surface area contributed by atoms with Gasteiger partial charge in [-0.3, -0.25) is 0 Å². The molecule has 0 saturated heterocycles. The fraction of sp³-hybridized carbons (Fsp3) is 0.909. The molecule has 2 unspecified atom stereocenters. The zero-order valence-electron chi connectivity index (χ0n) is 10.0. The van der Waals surface area contributed by atoms with Gasteiger partial charge in [-0.1, -0.05) is 0 Å². The number of carbonyl (C=O) groups excluding carboxylic acids is 1. The standard InChI is InChI=1S/C11H18F2O4/c1-3-17-9(14)11(12,13)10(15)6-4-5-8(7-10)16-2/h8,15H,3-7H2,1-2H3. The first-order valence-electron chi connectivity index (χ1n) is 5.67. The van der Waals surface area contributed by atoms with Gasteiger partial charge in [0.2, 0.25) is 0 Å². The number of carbonyl (C=O) groups is 1. The van der Waals surface area contributed by atoms with Crippen molar-refractivity contribution in [3.05, 3.63) is 0 Å². The minimum Gasteiger partial charge on any atom is -0.461 e. The molecule has 6 heteroatoms. The maximum absolute atomic E-state index is 13.8. The first-order chi connectivity index (χ1) is 7.87. The van der Waals surface area contributed by atoms with Gasteiger partial charge >= 0.3 is 11.9 Å². The van der Waals surface area contributed by atoms with Gasteiger partial charge in [-0.05, 0) is 26.2 Å². The Bertz CT molecular complexity index is 283. The first-order valence-corrected chi connectivity index (χ1v) is 5.67. The van der Waals surface area contributed by atoms with E-state index >= 15 is 0 Å². The van der Waals surface area contributed by atoms with Crippen LogP contribution in [0.3, 0.4) is 0 Å². The van der Waals surface area contributed by atoms with Crippen LogP contribution in [0.5, 0.6) is 0 Å². The Kier molecular flexibility index (Phi) is 4.43. The predicted molar refractivity (Wildman–Crippen MR) is 55.8 cm³/mol. The van der Waals surface area contributed by atoms with Gasteiger partial charge < -0.3 is 14.6 Å². The van der Waals surface area contributed by atoms with Gasteiger partial charge in [0.15, 0.2) is 0 Å². The Hall–Kier alpha value is -0.750. The van der Waals surface area contributed by atoms with Crippen LogP contribution >= 0.6 is 0 Å². The molecule has 0 aromatic heterocycles. The number of halogens is 2. The zero-order chi connectivity index (χ0) is 13.1. The molecule has 0 aromatic rings. The summed E-state index contributed by atoms with van der Waals surface area (Å²) in [4.78, 5) is 11.2. The molecule has 17 heavy (non-hydrogen) atoms. The Balaban J connectivity index is 2.83. The second-order valence-corrected chi connectivity index (χ2v) is 4.28. The summed E-state index contributed by atoms with van der Waals surface area (Å²) in [6.07, 6.45) is 0.171. The fourth-order valence-corrected chi connectivity index (χ4v) is 2.10. The third-order valence-corrected chi connectivity index (χ3v) is 3.13. The van der Waals surface area contributed by atoms with E-state index in [1.165, 1.54) is 14.0 Å². The summed E-state index contributed by atoms with van der Waals surface area (Å²) in [5.74, 6) is -5.56. The molecule has 1 fully saturated rings. The number of hydrogen-bond acceptors (Lipinski definition) is 4. The minimum atomic E-state index is -3.89. The molecule has 4 nitrogen and oxygen atoms in total. The van der Waals surface area contributed by atoms with Crippen molar-refractivity contribution in [2.75, 3.05) is 13.7 Å². The van der Waals surface area contributed by atoms with Crippen LogP contribution in [0.1, 0.15) is 32.6 Å². The smallest absolute Gasteiger partial charge is 0.380 e.